The van der Waals surface area contributed by atoms with Gasteiger partial charge in [-0.15, -0.1) is 0 Å². The zero-order valence-electron chi connectivity index (χ0n) is 12.4. The van der Waals surface area contributed by atoms with E-state index in [0.29, 0.717) is 13.2 Å². The minimum atomic E-state index is -0.0288. The van der Waals surface area contributed by atoms with E-state index in [-0.39, 0.29) is 17.9 Å². The molecule has 4 heteroatoms. The summed E-state index contributed by atoms with van der Waals surface area (Å²) in [6.07, 6.45) is 1.74. The Bertz CT molecular complexity index is 469. The van der Waals surface area contributed by atoms with Crippen molar-refractivity contribution >= 4 is 5.91 Å². The van der Waals surface area contributed by atoms with E-state index in [2.05, 4.69) is 5.32 Å². The molecule has 110 valence electrons. The molecule has 1 aromatic rings. The lowest BCUT2D eigenvalue weighted by molar-refractivity contribution is -0.125. The number of hydrogen-bond acceptors (Lipinski definition) is 3. The molecule has 0 bridgehead atoms. The third-order valence-electron chi connectivity index (χ3n) is 3.78. The second kappa shape index (κ2) is 6.64. The van der Waals surface area contributed by atoms with Crippen LogP contribution in [0, 0.1) is 5.92 Å². The molecule has 1 unspecified atom stereocenters. The Morgan fingerprint density at radius 3 is 2.50 bits per heavy atom. The molecule has 0 radical (unpaired) electrons. The van der Waals surface area contributed by atoms with E-state index in [1.54, 1.807) is 0 Å². The first-order valence-electron chi connectivity index (χ1n) is 7.35. The van der Waals surface area contributed by atoms with Gasteiger partial charge in [-0.25, -0.2) is 0 Å². The Morgan fingerprint density at radius 1 is 1.20 bits per heavy atom. The molecule has 0 saturated carbocycles. The summed E-state index contributed by atoms with van der Waals surface area (Å²) < 4.78 is 11.1. The average Bonchev–Trinajstić information content (AvgIpc) is 2.48. The van der Waals surface area contributed by atoms with E-state index in [1.807, 2.05) is 39.0 Å². The van der Waals surface area contributed by atoms with Gasteiger partial charge >= 0.3 is 0 Å². The zero-order valence-corrected chi connectivity index (χ0v) is 12.4. The van der Waals surface area contributed by atoms with E-state index in [4.69, 9.17) is 9.47 Å². The van der Waals surface area contributed by atoms with E-state index < -0.39 is 0 Å². The standard InChI is InChI=1S/C16H23NO3/c1-4-12(5-2)16(18)17-11(3)13-6-7-14-15(10-13)20-9-8-19-14/h6-7,10-12H,4-5,8-9H2,1-3H3,(H,17,18). The summed E-state index contributed by atoms with van der Waals surface area (Å²) in [5, 5.41) is 3.07. The van der Waals surface area contributed by atoms with Crippen molar-refractivity contribution in [1.29, 1.82) is 0 Å². The summed E-state index contributed by atoms with van der Waals surface area (Å²) in [7, 11) is 0. The Hall–Kier alpha value is -1.71. The molecule has 2 rings (SSSR count). The predicted molar refractivity (Wildman–Crippen MR) is 78.1 cm³/mol. The Labute approximate surface area is 120 Å². The summed E-state index contributed by atoms with van der Waals surface area (Å²) in [5.41, 5.74) is 1.04. The maximum absolute atomic E-state index is 12.1. The second-order valence-electron chi connectivity index (χ2n) is 5.15. The monoisotopic (exact) mass is 277 g/mol. The van der Waals surface area contributed by atoms with Gasteiger partial charge in [0.2, 0.25) is 5.91 Å². The Morgan fingerprint density at radius 2 is 1.85 bits per heavy atom. The zero-order chi connectivity index (χ0) is 14.5. The van der Waals surface area contributed by atoms with Crippen molar-refractivity contribution in [3.8, 4) is 11.5 Å². The molecule has 0 aromatic heterocycles. The quantitative estimate of drug-likeness (QED) is 0.899. The lowest BCUT2D eigenvalue weighted by Gasteiger charge is -2.22. The largest absolute Gasteiger partial charge is 0.486 e. The highest BCUT2D eigenvalue weighted by atomic mass is 16.6. The summed E-state index contributed by atoms with van der Waals surface area (Å²) in [6.45, 7) is 7.24. The van der Waals surface area contributed by atoms with Crippen LogP contribution < -0.4 is 14.8 Å². The molecule has 1 N–H and O–H groups in total. The molecule has 20 heavy (non-hydrogen) atoms. The molecule has 1 atom stereocenters. The SMILES string of the molecule is CCC(CC)C(=O)NC(C)c1ccc2c(c1)OCCO2. The molecule has 0 spiro atoms. The number of ether oxygens (including phenoxy) is 2. The van der Waals surface area contributed by atoms with Gasteiger partial charge in [-0.05, 0) is 37.5 Å². The maximum Gasteiger partial charge on any atom is 0.223 e. The third kappa shape index (κ3) is 3.24. The number of amides is 1. The van der Waals surface area contributed by atoms with E-state index >= 15 is 0 Å². The van der Waals surface area contributed by atoms with Crippen LogP contribution in [0.25, 0.3) is 0 Å². The number of hydrogen-bond donors (Lipinski definition) is 1. The van der Waals surface area contributed by atoms with Gasteiger partial charge in [0.25, 0.3) is 0 Å². The van der Waals surface area contributed by atoms with Crippen molar-refractivity contribution in [3.05, 3.63) is 23.8 Å². The minimum Gasteiger partial charge on any atom is -0.486 e. The number of nitrogens with one attached hydrogen (secondary N) is 1. The molecule has 0 aliphatic carbocycles. The molecule has 1 aromatic carbocycles. The molecule has 1 aliphatic rings. The van der Waals surface area contributed by atoms with Gasteiger partial charge in [-0.2, -0.15) is 0 Å². The van der Waals surface area contributed by atoms with E-state index in [1.165, 1.54) is 0 Å². The predicted octanol–water partition coefficient (Wildman–Crippen LogP) is 3.07. The van der Waals surface area contributed by atoms with Crippen LogP contribution in [0.2, 0.25) is 0 Å². The third-order valence-corrected chi connectivity index (χ3v) is 3.78. The molecule has 0 fully saturated rings. The van der Waals surface area contributed by atoms with Crippen molar-refractivity contribution in [2.24, 2.45) is 5.92 Å². The van der Waals surface area contributed by atoms with Gasteiger partial charge in [0.05, 0.1) is 6.04 Å². The van der Waals surface area contributed by atoms with Crippen LogP contribution in [0.5, 0.6) is 11.5 Å². The lowest BCUT2D eigenvalue weighted by Crippen LogP contribution is -2.32. The fraction of sp³-hybridized carbons (Fsp3) is 0.562. The normalized spacial score (nSPS) is 15.0. The van der Waals surface area contributed by atoms with Gasteiger partial charge in [0, 0.05) is 5.92 Å². The molecule has 1 aliphatic heterocycles. The number of fused-ring (bicyclic) bond motifs is 1. The molecule has 1 heterocycles. The molecule has 0 saturated heterocycles. The fourth-order valence-corrected chi connectivity index (χ4v) is 2.40. The average molecular weight is 277 g/mol. The van der Waals surface area contributed by atoms with Crippen LogP contribution >= 0.6 is 0 Å². The van der Waals surface area contributed by atoms with Crippen LogP contribution in [0.1, 0.15) is 45.2 Å². The summed E-state index contributed by atoms with van der Waals surface area (Å²) in [5.74, 6) is 1.75. The second-order valence-corrected chi connectivity index (χ2v) is 5.15. The van der Waals surface area contributed by atoms with Gasteiger partial charge in [0.15, 0.2) is 11.5 Å². The highest BCUT2D eigenvalue weighted by Gasteiger charge is 2.19. The van der Waals surface area contributed by atoms with Crippen molar-refractivity contribution < 1.29 is 14.3 Å². The van der Waals surface area contributed by atoms with Crippen LogP contribution in [-0.2, 0) is 4.79 Å². The molecular formula is C16H23NO3. The fourth-order valence-electron chi connectivity index (χ4n) is 2.40. The lowest BCUT2D eigenvalue weighted by atomic mass is 10.0. The molecular weight excluding hydrogens is 254 g/mol. The summed E-state index contributed by atoms with van der Waals surface area (Å²) in [6, 6.07) is 5.81. The van der Waals surface area contributed by atoms with Crippen molar-refractivity contribution in [2.75, 3.05) is 13.2 Å². The summed E-state index contributed by atoms with van der Waals surface area (Å²) >= 11 is 0. The van der Waals surface area contributed by atoms with Gasteiger partial charge < -0.3 is 14.8 Å². The summed E-state index contributed by atoms with van der Waals surface area (Å²) in [4.78, 5) is 12.1. The first kappa shape index (κ1) is 14.7. The number of benzene rings is 1. The topological polar surface area (TPSA) is 47.6 Å². The highest BCUT2D eigenvalue weighted by Crippen LogP contribution is 2.32. The minimum absolute atomic E-state index is 0.0288. The number of rotatable bonds is 5. The molecule has 4 nitrogen and oxygen atoms in total. The van der Waals surface area contributed by atoms with Gasteiger partial charge in [-0.3, -0.25) is 4.79 Å². The highest BCUT2D eigenvalue weighted by molar-refractivity contribution is 5.79. The van der Waals surface area contributed by atoms with Crippen LogP contribution in [0.3, 0.4) is 0 Å². The van der Waals surface area contributed by atoms with Crippen molar-refractivity contribution in [3.63, 3.8) is 0 Å². The Balaban J connectivity index is 2.05. The van der Waals surface area contributed by atoms with Gasteiger partial charge in [-0.1, -0.05) is 19.9 Å². The van der Waals surface area contributed by atoms with Crippen LogP contribution in [0.4, 0.5) is 0 Å². The Kier molecular flexibility index (Phi) is 4.88. The van der Waals surface area contributed by atoms with Crippen LogP contribution in [-0.4, -0.2) is 19.1 Å². The first-order valence-corrected chi connectivity index (χ1v) is 7.35. The van der Waals surface area contributed by atoms with Crippen LogP contribution in [0.15, 0.2) is 18.2 Å². The van der Waals surface area contributed by atoms with Crippen molar-refractivity contribution in [1.82, 2.24) is 5.32 Å². The van der Waals surface area contributed by atoms with E-state index in [9.17, 15) is 4.79 Å². The number of carbonyl (C=O) groups is 1. The van der Waals surface area contributed by atoms with Gasteiger partial charge in [0.1, 0.15) is 13.2 Å². The maximum atomic E-state index is 12.1. The molecule has 1 amide bonds. The first-order chi connectivity index (χ1) is 9.65. The van der Waals surface area contributed by atoms with E-state index in [0.717, 1.165) is 29.9 Å². The number of carbonyl (C=O) groups excluding carboxylic acids is 1. The van der Waals surface area contributed by atoms with Crippen molar-refractivity contribution in [2.45, 2.75) is 39.7 Å². The smallest absolute Gasteiger partial charge is 0.223 e.